The molecule has 2 heterocycles. The van der Waals surface area contributed by atoms with Gasteiger partial charge in [-0.3, -0.25) is 0 Å². The molecule has 28 heavy (non-hydrogen) atoms. The van der Waals surface area contributed by atoms with E-state index in [2.05, 4.69) is 9.97 Å². The van der Waals surface area contributed by atoms with Gasteiger partial charge in [-0.1, -0.05) is 0 Å². The van der Waals surface area contributed by atoms with E-state index in [-0.39, 0.29) is 58.5 Å². The zero-order valence-electron chi connectivity index (χ0n) is 15.1. The fraction of sp³-hybridized carbons (Fsp3) is 0.222. The molecule has 0 fully saturated rings. The largest absolute Gasteiger partial charge is 0.462 e. The van der Waals surface area contributed by atoms with E-state index in [1.54, 1.807) is 13.8 Å². The second kappa shape index (κ2) is 7.51. The minimum absolute atomic E-state index is 0.00823. The fourth-order valence-corrected chi connectivity index (χ4v) is 2.62. The summed E-state index contributed by atoms with van der Waals surface area (Å²) < 4.78 is 28.7. The van der Waals surface area contributed by atoms with Crippen LogP contribution in [0.3, 0.4) is 0 Å². The summed E-state index contributed by atoms with van der Waals surface area (Å²) in [5, 5.41) is 0.230. The van der Waals surface area contributed by atoms with Crippen LogP contribution in [0, 0.1) is 12.7 Å². The van der Waals surface area contributed by atoms with Gasteiger partial charge in [0.1, 0.15) is 23.0 Å². The quantitative estimate of drug-likeness (QED) is 0.497. The number of halogens is 1. The number of esters is 2. The molecule has 3 rings (SSSR count). The molecule has 0 spiro atoms. The van der Waals surface area contributed by atoms with Crippen LogP contribution in [0.2, 0.25) is 0 Å². The van der Waals surface area contributed by atoms with Crippen LogP contribution in [0.4, 0.5) is 15.9 Å². The number of aryl methyl sites for hydroxylation is 1. The number of rotatable bonds is 5. The Morgan fingerprint density at radius 1 is 1.18 bits per heavy atom. The topological polar surface area (TPSA) is 144 Å². The highest BCUT2D eigenvalue weighted by molar-refractivity contribution is 6.07. The van der Waals surface area contributed by atoms with E-state index in [1.807, 2.05) is 0 Å². The smallest absolute Gasteiger partial charge is 0.342 e. The van der Waals surface area contributed by atoms with Crippen LogP contribution in [-0.2, 0) is 16.1 Å². The highest BCUT2D eigenvalue weighted by atomic mass is 19.1. The number of nitrogen functional groups attached to an aromatic ring is 2. The molecule has 0 saturated heterocycles. The number of benzene rings is 1. The molecule has 4 N–H and O–H groups in total. The van der Waals surface area contributed by atoms with Crippen molar-refractivity contribution in [2.75, 3.05) is 18.1 Å². The number of anilines is 2. The van der Waals surface area contributed by atoms with Gasteiger partial charge >= 0.3 is 11.9 Å². The normalized spacial score (nSPS) is 10.8. The highest BCUT2D eigenvalue weighted by Gasteiger charge is 2.24. The van der Waals surface area contributed by atoms with Gasteiger partial charge in [-0.2, -0.15) is 4.98 Å². The van der Waals surface area contributed by atoms with Crippen molar-refractivity contribution in [2.45, 2.75) is 20.5 Å². The predicted molar refractivity (Wildman–Crippen MR) is 96.8 cm³/mol. The molecule has 9 nitrogen and oxygen atoms in total. The third-order valence-electron chi connectivity index (χ3n) is 3.85. The lowest BCUT2D eigenvalue weighted by atomic mass is 10.2. The van der Waals surface area contributed by atoms with Gasteiger partial charge in [0.15, 0.2) is 12.4 Å². The predicted octanol–water partition coefficient (Wildman–Crippen LogP) is 2.37. The van der Waals surface area contributed by atoms with E-state index in [4.69, 9.17) is 25.4 Å². The average molecular weight is 388 g/mol. The van der Waals surface area contributed by atoms with Crippen molar-refractivity contribution in [3.8, 4) is 0 Å². The van der Waals surface area contributed by atoms with E-state index >= 15 is 0 Å². The van der Waals surface area contributed by atoms with E-state index in [0.29, 0.717) is 0 Å². The summed E-state index contributed by atoms with van der Waals surface area (Å²) >= 11 is 0. The van der Waals surface area contributed by atoms with Crippen molar-refractivity contribution in [1.82, 2.24) is 9.97 Å². The van der Waals surface area contributed by atoms with Gasteiger partial charge < -0.3 is 25.4 Å². The SMILES string of the molecule is CCOC(=O)c1c(C)oc2nc(COC(=O)c3ccc(F)cc3N)nc(N)c12. The maximum Gasteiger partial charge on any atom is 0.342 e. The molecule has 0 bridgehead atoms. The Bertz CT molecular complexity index is 1080. The van der Waals surface area contributed by atoms with Crippen LogP contribution in [0.25, 0.3) is 11.1 Å². The Labute approximate surface area is 158 Å². The standard InChI is InChI=1S/C18H17FN4O5/c1-3-26-18(25)13-8(2)28-16-14(13)15(21)22-12(23-16)7-27-17(24)10-5-4-9(19)6-11(10)20/h4-6H,3,7,20H2,1-2H3,(H2,21,22,23). The van der Waals surface area contributed by atoms with Crippen molar-refractivity contribution in [3.05, 3.63) is 46.7 Å². The number of hydrogen-bond acceptors (Lipinski definition) is 9. The molecule has 0 aliphatic heterocycles. The van der Waals surface area contributed by atoms with E-state index < -0.39 is 17.8 Å². The van der Waals surface area contributed by atoms with Crippen molar-refractivity contribution in [2.24, 2.45) is 0 Å². The Balaban J connectivity index is 1.85. The maximum atomic E-state index is 13.1. The molecule has 0 radical (unpaired) electrons. The molecule has 10 heteroatoms. The number of carbonyl (C=O) groups is 2. The first-order chi connectivity index (χ1) is 13.3. The van der Waals surface area contributed by atoms with E-state index in [1.165, 1.54) is 6.07 Å². The van der Waals surface area contributed by atoms with Gasteiger partial charge in [0, 0.05) is 5.69 Å². The minimum Gasteiger partial charge on any atom is -0.462 e. The lowest BCUT2D eigenvalue weighted by Crippen LogP contribution is -2.11. The Morgan fingerprint density at radius 2 is 1.93 bits per heavy atom. The van der Waals surface area contributed by atoms with Crippen LogP contribution in [-0.4, -0.2) is 28.5 Å². The highest BCUT2D eigenvalue weighted by Crippen LogP contribution is 2.29. The van der Waals surface area contributed by atoms with Crippen molar-refractivity contribution >= 4 is 34.5 Å². The lowest BCUT2D eigenvalue weighted by molar-refractivity contribution is 0.0462. The summed E-state index contributed by atoms with van der Waals surface area (Å²) in [4.78, 5) is 32.4. The van der Waals surface area contributed by atoms with Crippen LogP contribution in [0.15, 0.2) is 22.6 Å². The molecule has 146 valence electrons. The number of carbonyl (C=O) groups excluding carboxylic acids is 2. The molecule has 0 atom stereocenters. The first-order valence-corrected chi connectivity index (χ1v) is 8.26. The Kier molecular flexibility index (Phi) is 5.12. The zero-order chi connectivity index (χ0) is 20.4. The molecular formula is C18H17FN4O5. The van der Waals surface area contributed by atoms with Gasteiger partial charge in [0.25, 0.3) is 0 Å². The number of ether oxygens (including phenoxy) is 2. The zero-order valence-corrected chi connectivity index (χ0v) is 15.1. The third kappa shape index (κ3) is 3.56. The molecule has 0 aliphatic carbocycles. The summed E-state index contributed by atoms with van der Waals surface area (Å²) in [5.41, 5.74) is 11.7. The lowest BCUT2D eigenvalue weighted by Gasteiger charge is -2.07. The van der Waals surface area contributed by atoms with Crippen LogP contribution >= 0.6 is 0 Å². The molecule has 0 amide bonds. The van der Waals surface area contributed by atoms with Crippen LogP contribution in [0.5, 0.6) is 0 Å². The van der Waals surface area contributed by atoms with E-state index in [9.17, 15) is 14.0 Å². The first kappa shape index (κ1) is 19.1. The summed E-state index contributed by atoms with van der Waals surface area (Å²) in [7, 11) is 0. The number of nitrogens with zero attached hydrogens (tertiary/aromatic N) is 2. The summed E-state index contributed by atoms with van der Waals surface area (Å²) in [5.74, 6) is -1.62. The number of nitrogens with two attached hydrogens (primary N) is 2. The molecule has 1 aromatic carbocycles. The van der Waals surface area contributed by atoms with Gasteiger partial charge in [-0.05, 0) is 32.0 Å². The maximum absolute atomic E-state index is 13.1. The van der Waals surface area contributed by atoms with Crippen LogP contribution < -0.4 is 11.5 Å². The van der Waals surface area contributed by atoms with Gasteiger partial charge in [0.2, 0.25) is 5.71 Å². The molecular weight excluding hydrogens is 371 g/mol. The second-order valence-corrected chi connectivity index (χ2v) is 5.77. The first-order valence-electron chi connectivity index (χ1n) is 8.26. The number of furan rings is 1. The molecule has 3 aromatic rings. The van der Waals surface area contributed by atoms with Gasteiger partial charge in [0.05, 0.1) is 17.6 Å². The second-order valence-electron chi connectivity index (χ2n) is 5.77. The number of aromatic nitrogens is 2. The van der Waals surface area contributed by atoms with Crippen molar-refractivity contribution in [1.29, 1.82) is 0 Å². The summed E-state index contributed by atoms with van der Waals surface area (Å²) in [6.45, 7) is 3.11. The molecule has 0 saturated carbocycles. The fourth-order valence-electron chi connectivity index (χ4n) is 2.62. The summed E-state index contributed by atoms with van der Waals surface area (Å²) in [6, 6.07) is 3.32. The van der Waals surface area contributed by atoms with Crippen molar-refractivity contribution < 1.29 is 27.9 Å². The third-order valence-corrected chi connectivity index (χ3v) is 3.85. The van der Waals surface area contributed by atoms with Gasteiger partial charge in [-0.25, -0.2) is 19.0 Å². The molecule has 0 aliphatic rings. The minimum atomic E-state index is -0.775. The monoisotopic (exact) mass is 388 g/mol. The Morgan fingerprint density at radius 3 is 2.61 bits per heavy atom. The summed E-state index contributed by atoms with van der Waals surface area (Å²) in [6.07, 6.45) is 0. The molecule has 0 unspecified atom stereocenters. The van der Waals surface area contributed by atoms with Crippen LogP contribution in [0.1, 0.15) is 39.2 Å². The average Bonchev–Trinajstić information content (AvgIpc) is 2.96. The number of hydrogen-bond donors (Lipinski definition) is 2. The molecule has 2 aromatic heterocycles. The van der Waals surface area contributed by atoms with E-state index in [0.717, 1.165) is 12.1 Å². The van der Waals surface area contributed by atoms with Crippen molar-refractivity contribution in [3.63, 3.8) is 0 Å². The Hall–Kier alpha value is -3.69. The number of fused-ring (bicyclic) bond motifs is 1. The van der Waals surface area contributed by atoms with Gasteiger partial charge in [-0.15, -0.1) is 0 Å².